The Morgan fingerprint density at radius 1 is 1.28 bits per heavy atom. The van der Waals surface area contributed by atoms with E-state index in [1.807, 2.05) is 12.1 Å². The van der Waals surface area contributed by atoms with Gasteiger partial charge in [-0.25, -0.2) is 19.4 Å². The summed E-state index contributed by atoms with van der Waals surface area (Å²) in [5.41, 5.74) is 0.897. The molecule has 0 radical (unpaired) electrons. The van der Waals surface area contributed by atoms with Crippen molar-refractivity contribution in [3.05, 3.63) is 36.5 Å². The van der Waals surface area contributed by atoms with Gasteiger partial charge in [-0.3, -0.25) is 4.90 Å². The van der Waals surface area contributed by atoms with Gasteiger partial charge in [-0.05, 0) is 31.9 Å². The van der Waals surface area contributed by atoms with Crippen LogP contribution in [0.15, 0.2) is 31.0 Å². The molecule has 2 atom stereocenters. The van der Waals surface area contributed by atoms with Gasteiger partial charge in [-0.2, -0.15) is 5.10 Å². The van der Waals surface area contributed by atoms with Gasteiger partial charge in [0.1, 0.15) is 12.7 Å². The number of nitrogens with zero attached hydrogens (tertiary/aromatic N) is 5. The number of fused-ring (bicyclic) bond motifs is 1. The Labute approximate surface area is 146 Å². The van der Waals surface area contributed by atoms with E-state index < -0.39 is 0 Å². The second-order valence-electron chi connectivity index (χ2n) is 6.65. The largest absolute Gasteiger partial charge is 0.334 e. The molecule has 2 saturated heterocycles. The molecular weight excluding hydrogens is 318 g/mol. The standard InChI is InChI=1S/C17H23N7O/c25-17(22-14-6-9-23-8-2-1-5-15(14)23)20-10-13-4-3-7-19-16(13)24-12-18-11-21-24/h3-4,7,11-12,14-15H,1-2,5-6,8-10H2,(H2,20,22,25)/t14-,15+/m0/s1. The van der Waals surface area contributed by atoms with Gasteiger partial charge in [0.2, 0.25) is 0 Å². The Kier molecular flexibility index (Phi) is 4.60. The molecule has 8 nitrogen and oxygen atoms in total. The Balaban J connectivity index is 1.35. The van der Waals surface area contributed by atoms with Crippen LogP contribution >= 0.6 is 0 Å². The van der Waals surface area contributed by atoms with Crippen molar-refractivity contribution in [3.63, 3.8) is 0 Å². The maximum Gasteiger partial charge on any atom is 0.315 e. The smallest absolute Gasteiger partial charge is 0.315 e. The van der Waals surface area contributed by atoms with Gasteiger partial charge in [0, 0.05) is 36.9 Å². The number of hydrogen-bond acceptors (Lipinski definition) is 5. The summed E-state index contributed by atoms with van der Waals surface area (Å²) in [6.45, 7) is 2.66. The van der Waals surface area contributed by atoms with Gasteiger partial charge in [-0.1, -0.05) is 12.5 Å². The fourth-order valence-corrected chi connectivity index (χ4v) is 3.90. The summed E-state index contributed by atoms with van der Waals surface area (Å²) >= 11 is 0. The summed E-state index contributed by atoms with van der Waals surface area (Å²) in [6.07, 6.45) is 9.53. The fraction of sp³-hybridized carbons (Fsp3) is 0.529. The van der Waals surface area contributed by atoms with E-state index in [2.05, 4.69) is 30.6 Å². The zero-order valence-electron chi connectivity index (χ0n) is 14.1. The van der Waals surface area contributed by atoms with Crippen molar-refractivity contribution in [1.29, 1.82) is 0 Å². The van der Waals surface area contributed by atoms with E-state index >= 15 is 0 Å². The molecule has 8 heteroatoms. The van der Waals surface area contributed by atoms with E-state index in [9.17, 15) is 4.79 Å². The number of aromatic nitrogens is 4. The van der Waals surface area contributed by atoms with Crippen molar-refractivity contribution in [2.75, 3.05) is 13.1 Å². The van der Waals surface area contributed by atoms with Crippen molar-refractivity contribution in [2.24, 2.45) is 0 Å². The van der Waals surface area contributed by atoms with Crippen molar-refractivity contribution >= 4 is 6.03 Å². The summed E-state index contributed by atoms with van der Waals surface area (Å²) < 4.78 is 1.60. The lowest BCUT2D eigenvalue weighted by Gasteiger charge is -2.32. The quantitative estimate of drug-likeness (QED) is 0.869. The maximum atomic E-state index is 12.3. The van der Waals surface area contributed by atoms with Gasteiger partial charge >= 0.3 is 6.03 Å². The van der Waals surface area contributed by atoms with Gasteiger partial charge in [0.05, 0.1) is 0 Å². The Bertz CT molecular complexity index is 718. The summed E-state index contributed by atoms with van der Waals surface area (Å²) in [7, 11) is 0. The molecule has 2 aromatic rings. The molecular formula is C17H23N7O. The molecule has 2 amide bonds. The number of carbonyl (C=O) groups excluding carboxylic acids is 1. The van der Waals surface area contributed by atoms with E-state index in [1.54, 1.807) is 17.2 Å². The van der Waals surface area contributed by atoms with Gasteiger partial charge in [0.15, 0.2) is 5.82 Å². The Morgan fingerprint density at radius 2 is 2.24 bits per heavy atom. The first-order valence-electron chi connectivity index (χ1n) is 8.88. The normalized spacial score (nSPS) is 23.2. The van der Waals surface area contributed by atoms with Crippen LogP contribution in [-0.4, -0.2) is 55.9 Å². The minimum absolute atomic E-state index is 0.120. The minimum Gasteiger partial charge on any atom is -0.334 e. The van der Waals surface area contributed by atoms with Crippen LogP contribution in [0, 0.1) is 0 Å². The topological polar surface area (TPSA) is 88.0 Å². The number of rotatable bonds is 4. The molecule has 2 N–H and O–H groups in total. The number of carbonyl (C=O) groups is 1. The van der Waals surface area contributed by atoms with Crippen LogP contribution in [0.1, 0.15) is 31.2 Å². The highest BCUT2D eigenvalue weighted by Gasteiger charge is 2.36. The molecule has 2 aromatic heterocycles. The third kappa shape index (κ3) is 3.48. The van der Waals surface area contributed by atoms with Crippen LogP contribution in [0.2, 0.25) is 0 Å². The predicted molar refractivity (Wildman–Crippen MR) is 92.1 cm³/mol. The molecule has 25 heavy (non-hydrogen) atoms. The zero-order chi connectivity index (χ0) is 17.1. The number of urea groups is 1. The molecule has 0 unspecified atom stereocenters. The fourth-order valence-electron chi connectivity index (χ4n) is 3.90. The summed E-state index contributed by atoms with van der Waals surface area (Å²) in [5, 5.41) is 10.2. The van der Waals surface area contributed by atoms with Crippen LogP contribution in [0.25, 0.3) is 5.82 Å². The van der Waals surface area contributed by atoms with Crippen LogP contribution in [0.4, 0.5) is 4.79 Å². The molecule has 4 rings (SSSR count). The molecule has 2 aliphatic rings. The van der Waals surface area contributed by atoms with Crippen LogP contribution in [-0.2, 0) is 6.54 Å². The highest BCUT2D eigenvalue weighted by Crippen LogP contribution is 2.27. The number of piperidine rings is 1. The van der Waals surface area contributed by atoms with Crippen molar-refractivity contribution in [2.45, 2.75) is 44.3 Å². The van der Waals surface area contributed by atoms with Crippen molar-refractivity contribution in [1.82, 2.24) is 35.3 Å². The predicted octanol–water partition coefficient (Wildman–Crippen LogP) is 1.09. The monoisotopic (exact) mass is 341 g/mol. The molecule has 0 aliphatic carbocycles. The summed E-state index contributed by atoms with van der Waals surface area (Å²) in [4.78, 5) is 23.1. The van der Waals surface area contributed by atoms with Crippen LogP contribution < -0.4 is 10.6 Å². The molecule has 0 spiro atoms. The summed E-state index contributed by atoms with van der Waals surface area (Å²) in [5.74, 6) is 0.680. The average Bonchev–Trinajstić information content (AvgIpc) is 3.31. The van der Waals surface area contributed by atoms with E-state index in [1.165, 1.54) is 32.1 Å². The van der Waals surface area contributed by atoms with Crippen LogP contribution in [0.3, 0.4) is 0 Å². The Morgan fingerprint density at radius 3 is 3.12 bits per heavy atom. The molecule has 4 heterocycles. The third-order valence-corrected chi connectivity index (χ3v) is 5.12. The van der Waals surface area contributed by atoms with E-state index in [0.29, 0.717) is 18.4 Å². The molecule has 0 aromatic carbocycles. The number of pyridine rings is 1. The molecule has 2 fully saturated rings. The second-order valence-corrected chi connectivity index (χ2v) is 6.65. The number of hydrogen-bond donors (Lipinski definition) is 2. The Hall–Kier alpha value is -2.48. The molecule has 2 aliphatic heterocycles. The first-order chi connectivity index (χ1) is 12.3. The number of amides is 2. The highest BCUT2D eigenvalue weighted by molar-refractivity contribution is 5.74. The molecule has 0 saturated carbocycles. The SMILES string of the molecule is O=C(NCc1cccnc1-n1cncn1)N[C@H]1CCN2CCCC[C@H]12. The van der Waals surface area contributed by atoms with Crippen molar-refractivity contribution in [3.8, 4) is 5.82 Å². The van der Waals surface area contributed by atoms with E-state index in [4.69, 9.17) is 0 Å². The highest BCUT2D eigenvalue weighted by atomic mass is 16.2. The first-order valence-corrected chi connectivity index (χ1v) is 8.88. The second kappa shape index (κ2) is 7.18. The zero-order valence-corrected chi connectivity index (χ0v) is 14.1. The van der Waals surface area contributed by atoms with Crippen molar-refractivity contribution < 1.29 is 4.79 Å². The van der Waals surface area contributed by atoms with Gasteiger partial charge in [-0.15, -0.1) is 0 Å². The molecule has 132 valence electrons. The minimum atomic E-state index is -0.120. The van der Waals surface area contributed by atoms with Gasteiger partial charge < -0.3 is 10.6 Å². The van der Waals surface area contributed by atoms with Gasteiger partial charge in [0.25, 0.3) is 0 Å². The average molecular weight is 341 g/mol. The van der Waals surface area contributed by atoms with E-state index in [0.717, 1.165) is 18.5 Å². The lowest BCUT2D eigenvalue weighted by atomic mass is 9.99. The molecule has 0 bridgehead atoms. The summed E-state index contributed by atoms with van der Waals surface area (Å²) in [6, 6.07) is 4.42. The number of nitrogens with one attached hydrogen (secondary N) is 2. The lowest BCUT2D eigenvalue weighted by Crippen LogP contribution is -2.49. The lowest BCUT2D eigenvalue weighted by molar-refractivity contribution is 0.179. The third-order valence-electron chi connectivity index (χ3n) is 5.12. The maximum absolute atomic E-state index is 12.3. The first kappa shape index (κ1) is 16.0. The van der Waals surface area contributed by atoms with Crippen LogP contribution in [0.5, 0.6) is 0 Å². The van der Waals surface area contributed by atoms with E-state index in [-0.39, 0.29) is 12.1 Å².